The van der Waals surface area contributed by atoms with E-state index in [0.717, 1.165) is 31.2 Å². The normalized spacial score (nSPS) is 21.0. The molecule has 2 N–H and O–H groups in total. The van der Waals surface area contributed by atoms with Crippen molar-refractivity contribution in [3.8, 4) is 34.7 Å². The summed E-state index contributed by atoms with van der Waals surface area (Å²) in [6.07, 6.45) is 3.77. The lowest BCUT2D eigenvalue weighted by atomic mass is 9.75. The molecule has 9 heteroatoms. The third kappa shape index (κ3) is 4.72. The van der Waals surface area contributed by atoms with Crippen molar-refractivity contribution < 1.29 is 14.1 Å². The predicted octanol–water partition coefficient (Wildman–Crippen LogP) is 4.57. The summed E-state index contributed by atoms with van der Waals surface area (Å²) in [7, 11) is 4.14. The molecule has 9 nitrogen and oxygen atoms in total. The number of urea groups is 1. The van der Waals surface area contributed by atoms with Crippen molar-refractivity contribution in [3.63, 3.8) is 0 Å². The highest BCUT2D eigenvalue weighted by Gasteiger charge is 2.44. The number of amides is 2. The highest BCUT2D eigenvalue weighted by Crippen LogP contribution is 2.43. The van der Waals surface area contributed by atoms with E-state index < -0.39 is 0 Å². The summed E-state index contributed by atoms with van der Waals surface area (Å²) < 4.78 is 11.4. The van der Waals surface area contributed by atoms with Crippen LogP contribution in [0, 0.1) is 11.3 Å². The summed E-state index contributed by atoms with van der Waals surface area (Å²) in [5, 5.41) is 13.9. The first-order chi connectivity index (χ1) is 18.3. The number of benzene rings is 2. The average Bonchev–Trinajstić information content (AvgIpc) is 3.56. The number of nitriles is 1. The molecule has 5 rings (SSSR count). The number of rotatable bonds is 6. The molecule has 1 fully saturated rings. The van der Waals surface area contributed by atoms with Gasteiger partial charge in [-0.2, -0.15) is 10.2 Å². The summed E-state index contributed by atoms with van der Waals surface area (Å²) in [5.41, 5.74) is 10.3. The van der Waals surface area contributed by atoms with Crippen LogP contribution in [-0.4, -0.2) is 64.8 Å². The number of carbonyl (C=O) groups is 1. The van der Waals surface area contributed by atoms with E-state index in [1.807, 2.05) is 36.9 Å². The zero-order valence-electron chi connectivity index (χ0n) is 22.3. The highest BCUT2D eigenvalue weighted by atomic mass is 16.5. The Morgan fingerprint density at radius 3 is 2.79 bits per heavy atom. The molecule has 0 bridgehead atoms. The second kappa shape index (κ2) is 10.5. The number of aromatic nitrogens is 2. The van der Waals surface area contributed by atoms with E-state index in [4.69, 9.17) is 20.0 Å². The quantitative estimate of drug-likeness (QED) is 0.511. The van der Waals surface area contributed by atoms with Crippen LogP contribution in [-0.2, 0) is 6.42 Å². The first-order valence-electron chi connectivity index (χ1n) is 13.2. The smallest absolute Gasteiger partial charge is 0.315 e. The van der Waals surface area contributed by atoms with Gasteiger partial charge in [-0.1, -0.05) is 23.4 Å². The summed E-state index contributed by atoms with van der Waals surface area (Å²) >= 11 is 0. The number of likely N-dealkylation sites (tertiary alicyclic amines) is 1. The number of hydrogen-bond acceptors (Lipinski definition) is 7. The maximum Gasteiger partial charge on any atom is 0.315 e. The SMILES string of the molecule is CC(C)Oc1ccc(-c2nc(-c3cccc4c3CCC[C@H]4C3C(N(C)C)CCN3C(N)=O)no2)cc1C#N. The van der Waals surface area contributed by atoms with E-state index in [0.29, 0.717) is 35.1 Å². The van der Waals surface area contributed by atoms with Crippen molar-refractivity contribution in [2.75, 3.05) is 20.6 Å². The van der Waals surface area contributed by atoms with Crippen molar-refractivity contribution in [1.82, 2.24) is 19.9 Å². The van der Waals surface area contributed by atoms with Gasteiger partial charge in [0, 0.05) is 29.6 Å². The zero-order chi connectivity index (χ0) is 27.0. The van der Waals surface area contributed by atoms with Gasteiger partial charge in [0.15, 0.2) is 0 Å². The van der Waals surface area contributed by atoms with Crippen LogP contribution < -0.4 is 10.5 Å². The predicted molar refractivity (Wildman–Crippen MR) is 143 cm³/mol. The van der Waals surface area contributed by atoms with Gasteiger partial charge in [-0.15, -0.1) is 0 Å². The average molecular weight is 515 g/mol. The Bertz CT molecular complexity index is 1370. The molecule has 38 heavy (non-hydrogen) atoms. The molecule has 198 valence electrons. The largest absolute Gasteiger partial charge is 0.490 e. The summed E-state index contributed by atoms with van der Waals surface area (Å²) in [6.45, 7) is 4.51. The van der Waals surface area contributed by atoms with Gasteiger partial charge in [0.2, 0.25) is 5.82 Å². The number of carbonyl (C=O) groups excluding carboxylic acids is 1. The number of fused-ring (bicyclic) bond motifs is 1. The maximum atomic E-state index is 12.3. The van der Waals surface area contributed by atoms with Gasteiger partial charge in [-0.05, 0) is 83.0 Å². The molecule has 1 aromatic heterocycles. The van der Waals surface area contributed by atoms with Crippen LogP contribution in [0.5, 0.6) is 5.75 Å². The van der Waals surface area contributed by atoms with E-state index in [-0.39, 0.29) is 30.1 Å². The summed E-state index contributed by atoms with van der Waals surface area (Å²) in [5.74, 6) is 1.57. The molecular weight excluding hydrogens is 480 g/mol. The Hall–Kier alpha value is -3.90. The number of primary amides is 1. The van der Waals surface area contributed by atoms with Crippen molar-refractivity contribution in [2.45, 2.75) is 63.6 Å². The molecule has 1 aliphatic heterocycles. The van der Waals surface area contributed by atoms with Crippen molar-refractivity contribution in [3.05, 3.63) is 53.1 Å². The fourth-order valence-electron chi connectivity index (χ4n) is 6.11. The summed E-state index contributed by atoms with van der Waals surface area (Å²) in [6, 6.07) is 13.6. The molecule has 2 amide bonds. The molecule has 0 saturated carbocycles. The molecule has 2 aromatic carbocycles. The minimum Gasteiger partial charge on any atom is -0.490 e. The van der Waals surface area contributed by atoms with Gasteiger partial charge in [-0.3, -0.25) is 0 Å². The molecule has 0 spiro atoms. The molecule has 3 aromatic rings. The fourth-order valence-corrected chi connectivity index (χ4v) is 6.11. The second-order valence-corrected chi connectivity index (χ2v) is 10.6. The minimum atomic E-state index is -0.355. The lowest BCUT2D eigenvalue weighted by molar-refractivity contribution is 0.158. The van der Waals surface area contributed by atoms with Crippen LogP contribution in [0.3, 0.4) is 0 Å². The van der Waals surface area contributed by atoms with Gasteiger partial charge >= 0.3 is 6.03 Å². The van der Waals surface area contributed by atoms with Crippen LogP contribution in [0.25, 0.3) is 22.8 Å². The zero-order valence-corrected chi connectivity index (χ0v) is 22.3. The molecule has 2 unspecified atom stereocenters. The third-order valence-corrected chi connectivity index (χ3v) is 7.71. The Morgan fingerprint density at radius 2 is 2.08 bits per heavy atom. The Balaban J connectivity index is 1.49. The minimum absolute atomic E-state index is 0.0219. The number of likely N-dealkylation sites (N-methyl/N-ethyl adjacent to an activating group) is 1. The Labute approximate surface area is 223 Å². The van der Waals surface area contributed by atoms with Gasteiger partial charge in [-0.25, -0.2) is 4.79 Å². The fraction of sp³-hybridized carbons (Fsp3) is 0.448. The molecular formula is C29H34N6O3. The van der Waals surface area contributed by atoms with E-state index in [1.165, 1.54) is 11.1 Å². The molecule has 2 aliphatic rings. The number of hydrogen-bond donors (Lipinski definition) is 1. The first-order valence-corrected chi connectivity index (χ1v) is 13.2. The number of nitrogens with zero attached hydrogens (tertiary/aromatic N) is 5. The lowest BCUT2D eigenvalue weighted by Crippen LogP contribution is -2.50. The first kappa shape index (κ1) is 25.7. The molecule has 0 radical (unpaired) electrons. The van der Waals surface area contributed by atoms with Crippen molar-refractivity contribution in [2.24, 2.45) is 5.73 Å². The Kier molecular flexibility index (Phi) is 7.09. The number of ether oxygens (including phenoxy) is 1. The van der Waals surface area contributed by atoms with Crippen molar-refractivity contribution in [1.29, 1.82) is 5.26 Å². The summed E-state index contributed by atoms with van der Waals surface area (Å²) in [4.78, 5) is 21.1. The van der Waals surface area contributed by atoms with Crippen LogP contribution in [0.2, 0.25) is 0 Å². The van der Waals surface area contributed by atoms with Gasteiger partial charge in [0.25, 0.3) is 5.89 Å². The van der Waals surface area contributed by atoms with Crippen LogP contribution in [0.4, 0.5) is 4.79 Å². The molecule has 1 aliphatic carbocycles. The highest BCUT2D eigenvalue weighted by molar-refractivity contribution is 5.73. The van der Waals surface area contributed by atoms with Crippen molar-refractivity contribution >= 4 is 6.03 Å². The maximum absolute atomic E-state index is 12.3. The van der Waals surface area contributed by atoms with E-state index in [1.54, 1.807) is 12.1 Å². The van der Waals surface area contributed by atoms with E-state index in [9.17, 15) is 10.1 Å². The van der Waals surface area contributed by atoms with Crippen LogP contribution >= 0.6 is 0 Å². The van der Waals surface area contributed by atoms with Gasteiger partial charge < -0.3 is 24.8 Å². The second-order valence-electron chi connectivity index (χ2n) is 10.6. The number of nitrogens with two attached hydrogens (primary N) is 1. The molecule has 2 heterocycles. The molecule has 3 atom stereocenters. The Morgan fingerprint density at radius 1 is 1.26 bits per heavy atom. The molecule has 1 saturated heterocycles. The van der Waals surface area contributed by atoms with E-state index in [2.05, 4.69) is 36.3 Å². The monoisotopic (exact) mass is 514 g/mol. The van der Waals surface area contributed by atoms with E-state index >= 15 is 0 Å². The lowest BCUT2D eigenvalue weighted by Gasteiger charge is -2.39. The topological polar surface area (TPSA) is 122 Å². The van der Waals surface area contributed by atoms with Crippen LogP contribution in [0.1, 0.15) is 55.7 Å². The standard InChI is InChI=1S/C29H34N6O3/c1-17(2)37-25-12-11-18(15-19(25)16-30)28-32-27(33-38-28)23-10-6-7-20-21(23)8-5-9-22(20)26-24(34(3)4)13-14-35(26)29(31)36/h6-7,10-12,15,17,22,24,26H,5,8-9,13-14H2,1-4H3,(H2,31,36)/t22-,24?,26?/m1/s1. The van der Waals surface area contributed by atoms with Gasteiger partial charge in [0.1, 0.15) is 11.8 Å². The third-order valence-electron chi connectivity index (χ3n) is 7.71. The van der Waals surface area contributed by atoms with Gasteiger partial charge in [0.05, 0.1) is 17.7 Å². The van der Waals surface area contributed by atoms with Crippen LogP contribution in [0.15, 0.2) is 40.9 Å².